The van der Waals surface area contributed by atoms with Gasteiger partial charge in [-0.1, -0.05) is 16.8 Å². The molecule has 33 heavy (non-hydrogen) atoms. The van der Waals surface area contributed by atoms with Crippen LogP contribution in [0.5, 0.6) is 5.75 Å². The number of nitriles is 1. The third-order valence-corrected chi connectivity index (χ3v) is 7.60. The number of benzene rings is 2. The quantitative estimate of drug-likeness (QED) is 0.644. The van der Waals surface area contributed by atoms with Crippen molar-refractivity contribution in [1.29, 1.82) is 5.26 Å². The first-order valence-electron chi connectivity index (χ1n) is 10.7. The molecule has 6 rings (SSSR count). The summed E-state index contributed by atoms with van der Waals surface area (Å²) >= 11 is 5.90. The van der Waals surface area contributed by atoms with Crippen molar-refractivity contribution in [3.63, 3.8) is 0 Å². The van der Waals surface area contributed by atoms with Crippen LogP contribution in [-0.4, -0.2) is 30.2 Å². The second-order valence-electron chi connectivity index (χ2n) is 8.77. The number of halogens is 2. The van der Waals surface area contributed by atoms with Crippen molar-refractivity contribution < 1.29 is 23.6 Å². The van der Waals surface area contributed by atoms with Crippen LogP contribution in [0.3, 0.4) is 0 Å². The Kier molecular flexibility index (Phi) is 4.46. The van der Waals surface area contributed by atoms with Crippen molar-refractivity contribution in [3.8, 4) is 11.8 Å². The normalized spacial score (nSPS) is 31.2. The number of anilines is 1. The lowest BCUT2D eigenvalue weighted by Crippen LogP contribution is -2.41. The van der Waals surface area contributed by atoms with Crippen LogP contribution in [0.15, 0.2) is 47.6 Å². The summed E-state index contributed by atoms with van der Waals surface area (Å²) in [6.45, 7) is -0.0349. The van der Waals surface area contributed by atoms with E-state index in [4.69, 9.17) is 26.4 Å². The fourth-order valence-electron chi connectivity index (χ4n) is 6.08. The zero-order chi connectivity index (χ0) is 22.9. The number of nitrogens with zero attached hydrogens (tertiary/aromatic N) is 3. The maximum absolute atomic E-state index is 13.6. The Bertz CT molecular complexity index is 1260. The Morgan fingerprint density at radius 1 is 1.12 bits per heavy atom. The second kappa shape index (κ2) is 7.29. The van der Waals surface area contributed by atoms with E-state index >= 15 is 0 Å². The third kappa shape index (κ3) is 2.82. The minimum Gasteiger partial charge on any atom is -0.479 e. The van der Waals surface area contributed by atoms with Crippen LogP contribution < -0.4 is 9.64 Å². The molecule has 2 bridgehead atoms. The highest BCUT2D eigenvalue weighted by atomic mass is 35.5. The smallest absolute Gasteiger partial charge is 0.238 e. The third-order valence-electron chi connectivity index (χ3n) is 7.31. The van der Waals surface area contributed by atoms with Crippen molar-refractivity contribution in [1.82, 2.24) is 0 Å². The molecule has 2 aliphatic carbocycles. The molecule has 4 aliphatic rings. The van der Waals surface area contributed by atoms with Gasteiger partial charge in [-0.3, -0.25) is 9.59 Å². The summed E-state index contributed by atoms with van der Waals surface area (Å²) in [7, 11) is 0. The lowest BCUT2D eigenvalue weighted by molar-refractivity contribution is -0.125. The highest BCUT2D eigenvalue weighted by Gasteiger charge is 2.70. The SMILES string of the molecule is N#CCOc1ccc(C2=NO[C@H]3[C@H]4C[C@@H]([C@@H]23)[C@@H]2C(=O)N(c3ccc(F)c(Cl)c3)C(=O)[C@H]42)cc1. The zero-order valence-electron chi connectivity index (χ0n) is 17.2. The predicted molar refractivity (Wildman–Crippen MR) is 115 cm³/mol. The van der Waals surface area contributed by atoms with Gasteiger partial charge in [0.2, 0.25) is 11.8 Å². The van der Waals surface area contributed by atoms with Crippen LogP contribution in [0.4, 0.5) is 10.1 Å². The number of ether oxygens (including phenoxy) is 1. The summed E-state index contributed by atoms with van der Waals surface area (Å²) < 4.78 is 18.9. The van der Waals surface area contributed by atoms with E-state index < -0.39 is 17.7 Å². The molecule has 2 heterocycles. The van der Waals surface area contributed by atoms with E-state index in [1.165, 1.54) is 12.1 Å². The first-order valence-corrected chi connectivity index (χ1v) is 11.0. The first-order chi connectivity index (χ1) is 16.0. The number of imide groups is 1. The van der Waals surface area contributed by atoms with Crippen molar-refractivity contribution in [2.45, 2.75) is 12.5 Å². The lowest BCUT2D eigenvalue weighted by atomic mass is 9.71. The topological polar surface area (TPSA) is 92.0 Å². The average molecular weight is 466 g/mol. The van der Waals surface area contributed by atoms with Crippen LogP contribution in [0.2, 0.25) is 5.02 Å². The molecule has 0 spiro atoms. The largest absolute Gasteiger partial charge is 0.479 e. The van der Waals surface area contributed by atoms with Gasteiger partial charge in [0.1, 0.15) is 23.7 Å². The molecule has 0 radical (unpaired) electrons. The molecule has 9 heteroatoms. The van der Waals surface area contributed by atoms with Crippen LogP contribution in [-0.2, 0) is 14.4 Å². The molecule has 1 saturated heterocycles. The van der Waals surface area contributed by atoms with Crippen molar-refractivity contribution in [3.05, 3.63) is 58.9 Å². The van der Waals surface area contributed by atoms with E-state index in [0.717, 1.165) is 28.7 Å². The summed E-state index contributed by atoms with van der Waals surface area (Å²) in [6.07, 6.45) is 0.469. The van der Waals surface area contributed by atoms with Crippen LogP contribution in [0, 0.1) is 46.7 Å². The van der Waals surface area contributed by atoms with E-state index in [-0.39, 0.29) is 53.0 Å². The maximum Gasteiger partial charge on any atom is 0.238 e. The number of carbonyl (C=O) groups excluding carboxylic acids is 2. The molecule has 2 aromatic rings. The van der Waals surface area contributed by atoms with Gasteiger partial charge in [0.15, 0.2) is 6.61 Å². The van der Waals surface area contributed by atoms with E-state index in [1.807, 2.05) is 18.2 Å². The molecule has 0 unspecified atom stereocenters. The standard InChI is InChI=1S/C24H17ClFN3O4/c25-16-9-12(3-6-17(16)26)29-23(30)18-14-10-15(19(18)24(29)31)22-20(14)21(28-33-22)11-1-4-13(5-2-11)32-8-7-27/h1-6,9,14-15,18-20,22H,8,10H2/t14-,15+,18+,19-,20+,22+/m1/s1. The Morgan fingerprint density at radius 2 is 1.85 bits per heavy atom. The lowest BCUT2D eigenvalue weighted by Gasteiger charge is -2.29. The number of carbonyl (C=O) groups is 2. The first kappa shape index (κ1) is 20.2. The van der Waals surface area contributed by atoms with Gasteiger partial charge in [0, 0.05) is 17.4 Å². The Balaban J connectivity index is 1.28. The molecule has 3 fully saturated rings. The summed E-state index contributed by atoms with van der Waals surface area (Å²) in [5.41, 5.74) is 1.91. The molecule has 7 nitrogen and oxygen atoms in total. The fraction of sp³-hybridized carbons (Fsp3) is 0.333. The molecular formula is C24H17ClFN3O4. The van der Waals surface area contributed by atoms with Gasteiger partial charge in [-0.25, -0.2) is 9.29 Å². The number of rotatable bonds is 4. The monoisotopic (exact) mass is 465 g/mol. The minimum absolute atomic E-state index is 0.0349. The van der Waals surface area contributed by atoms with Gasteiger partial charge in [-0.05, 0) is 54.8 Å². The maximum atomic E-state index is 13.6. The van der Waals surface area contributed by atoms with Gasteiger partial charge >= 0.3 is 0 Å². The average Bonchev–Trinajstić information content (AvgIpc) is 3.55. The molecule has 2 aliphatic heterocycles. The highest BCUT2D eigenvalue weighted by Crippen LogP contribution is 2.62. The fourth-order valence-corrected chi connectivity index (χ4v) is 6.26. The van der Waals surface area contributed by atoms with E-state index in [0.29, 0.717) is 5.75 Å². The Morgan fingerprint density at radius 3 is 2.55 bits per heavy atom. The van der Waals surface area contributed by atoms with Gasteiger partial charge < -0.3 is 9.57 Å². The molecule has 6 atom stereocenters. The number of amides is 2. The highest BCUT2D eigenvalue weighted by molar-refractivity contribution is 6.31. The summed E-state index contributed by atoms with van der Waals surface area (Å²) in [5, 5.41) is 12.9. The molecule has 2 aromatic carbocycles. The number of hydrogen-bond acceptors (Lipinski definition) is 6. The number of fused-ring (bicyclic) bond motifs is 8. The minimum atomic E-state index is -0.604. The Hall–Kier alpha value is -3.44. The van der Waals surface area contributed by atoms with Crippen molar-refractivity contribution in [2.24, 2.45) is 34.7 Å². The molecule has 2 amide bonds. The Labute approximate surface area is 193 Å². The molecular weight excluding hydrogens is 449 g/mol. The van der Waals surface area contributed by atoms with Crippen molar-refractivity contribution in [2.75, 3.05) is 11.5 Å². The van der Waals surface area contributed by atoms with E-state index in [9.17, 15) is 14.0 Å². The zero-order valence-corrected chi connectivity index (χ0v) is 17.9. The molecule has 0 N–H and O–H groups in total. The van der Waals surface area contributed by atoms with Gasteiger partial charge in [0.25, 0.3) is 0 Å². The second-order valence-corrected chi connectivity index (χ2v) is 9.18. The number of oxime groups is 1. The summed E-state index contributed by atoms with van der Waals surface area (Å²) in [5.74, 6) is -1.78. The van der Waals surface area contributed by atoms with Crippen LogP contribution in [0.25, 0.3) is 0 Å². The van der Waals surface area contributed by atoms with Crippen molar-refractivity contribution >= 4 is 34.8 Å². The van der Waals surface area contributed by atoms with Gasteiger partial charge in [0.05, 0.1) is 28.3 Å². The molecule has 2 saturated carbocycles. The van der Waals surface area contributed by atoms with E-state index in [1.54, 1.807) is 12.1 Å². The summed E-state index contributed by atoms with van der Waals surface area (Å²) in [6, 6.07) is 13.1. The van der Waals surface area contributed by atoms with Gasteiger partial charge in [-0.15, -0.1) is 0 Å². The predicted octanol–water partition coefficient (Wildman–Crippen LogP) is 3.56. The van der Waals surface area contributed by atoms with Gasteiger partial charge in [-0.2, -0.15) is 5.26 Å². The molecule has 166 valence electrons. The summed E-state index contributed by atoms with van der Waals surface area (Å²) in [4.78, 5) is 33.6. The van der Waals surface area contributed by atoms with Crippen LogP contribution in [0.1, 0.15) is 12.0 Å². The van der Waals surface area contributed by atoms with E-state index in [2.05, 4.69) is 5.16 Å². The molecule has 0 aromatic heterocycles. The van der Waals surface area contributed by atoms with Crippen LogP contribution >= 0.6 is 11.6 Å². The number of hydrogen-bond donors (Lipinski definition) is 0.